The SMILES string of the molecule is CCC(C)(CO)Nc1ccc([N+](=O)[O-])cc1C(F)(F)F. The number of halogens is 3. The molecule has 0 saturated carbocycles. The zero-order chi connectivity index (χ0) is 15.6. The van der Waals surface area contributed by atoms with E-state index in [4.69, 9.17) is 0 Å². The van der Waals surface area contributed by atoms with E-state index in [9.17, 15) is 28.4 Å². The van der Waals surface area contributed by atoms with Gasteiger partial charge in [0, 0.05) is 17.8 Å². The fourth-order valence-electron chi connectivity index (χ4n) is 1.55. The van der Waals surface area contributed by atoms with E-state index in [2.05, 4.69) is 5.32 Å². The van der Waals surface area contributed by atoms with Gasteiger partial charge in [0.25, 0.3) is 5.69 Å². The number of nitrogens with zero attached hydrogens (tertiary/aromatic N) is 1. The molecule has 1 aromatic rings. The maximum atomic E-state index is 12.9. The summed E-state index contributed by atoms with van der Waals surface area (Å²) in [5.41, 5.74) is -2.98. The summed E-state index contributed by atoms with van der Waals surface area (Å²) >= 11 is 0. The third kappa shape index (κ3) is 3.60. The first-order valence-corrected chi connectivity index (χ1v) is 5.87. The molecule has 0 aliphatic rings. The second kappa shape index (κ2) is 5.66. The van der Waals surface area contributed by atoms with E-state index in [1.807, 2.05) is 0 Å². The monoisotopic (exact) mass is 292 g/mol. The van der Waals surface area contributed by atoms with Crippen LogP contribution in [0.25, 0.3) is 0 Å². The highest BCUT2D eigenvalue weighted by atomic mass is 19.4. The van der Waals surface area contributed by atoms with Crippen molar-refractivity contribution >= 4 is 11.4 Å². The molecule has 0 spiro atoms. The molecule has 0 fully saturated rings. The fraction of sp³-hybridized carbons (Fsp3) is 0.500. The Bertz CT molecular complexity index is 499. The second-order valence-corrected chi connectivity index (χ2v) is 4.68. The topological polar surface area (TPSA) is 75.4 Å². The predicted octanol–water partition coefficient (Wildman–Crippen LogP) is 3.19. The zero-order valence-electron chi connectivity index (χ0n) is 11.0. The number of hydrogen-bond donors (Lipinski definition) is 2. The summed E-state index contributed by atoms with van der Waals surface area (Å²) in [7, 11) is 0. The second-order valence-electron chi connectivity index (χ2n) is 4.68. The summed E-state index contributed by atoms with van der Waals surface area (Å²) in [6.45, 7) is 2.91. The van der Waals surface area contributed by atoms with E-state index < -0.39 is 27.9 Å². The van der Waals surface area contributed by atoms with Crippen molar-refractivity contribution in [2.24, 2.45) is 0 Å². The molecule has 0 amide bonds. The lowest BCUT2D eigenvalue weighted by Crippen LogP contribution is -2.38. The summed E-state index contributed by atoms with van der Waals surface area (Å²) in [5, 5.41) is 22.4. The van der Waals surface area contributed by atoms with Crippen LogP contribution in [0.3, 0.4) is 0 Å². The number of nitro groups is 1. The third-order valence-electron chi connectivity index (χ3n) is 3.09. The normalized spacial score (nSPS) is 14.7. The number of aliphatic hydroxyl groups excluding tert-OH is 1. The van der Waals surface area contributed by atoms with E-state index in [-0.39, 0.29) is 12.3 Å². The van der Waals surface area contributed by atoms with Crippen molar-refractivity contribution in [2.45, 2.75) is 32.0 Å². The molecule has 0 saturated heterocycles. The highest BCUT2D eigenvalue weighted by Gasteiger charge is 2.36. The molecule has 112 valence electrons. The van der Waals surface area contributed by atoms with Crippen molar-refractivity contribution in [1.82, 2.24) is 0 Å². The van der Waals surface area contributed by atoms with Gasteiger partial charge in [-0.05, 0) is 19.4 Å². The molecule has 1 unspecified atom stereocenters. The average Bonchev–Trinajstić information content (AvgIpc) is 2.37. The number of rotatable bonds is 5. The smallest absolute Gasteiger partial charge is 0.394 e. The van der Waals surface area contributed by atoms with Crippen LogP contribution in [-0.2, 0) is 6.18 Å². The van der Waals surface area contributed by atoms with Gasteiger partial charge in [0.1, 0.15) is 0 Å². The lowest BCUT2D eigenvalue weighted by atomic mass is 9.98. The lowest BCUT2D eigenvalue weighted by molar-refractivity contribution is -0.385. The Labute approximate surface area is 113 Å². The largest absolute Gasteiger partial charge is 0.418 e. The average molecular weight is 292 g/mol. The van der Waals surface area contributed by atoms with Crippen LogP contribution in [0.5, 0.6) is 0 Å². The minimum Gasteiger partial charge on any atom is -0.394 e. The van der Waals surface area contributed by atoms with Crippen molar-refractivity contribution in [2.75, 3.05) is 11.9 Å². The quantitative estimate of drug-likeness (QED) is 0.645. The maximum Gasteiger partial charge on any atom is 0.418 e. The molecular weight excluding hydrogens is 277 g/mol. The molecule has 1 atom stereocenters. The van der Waals surface area contributed by atoms with Gasteiger partial charge in [-0.1, -0.05) is 6.92 Å². The maximum absolute atomic E-state index is 12.9. The fourth-order valence-corrected chi connectivity index (χ4v) is 1.55. The van der Waals surface area contributed by atoms with E-state index >= 15 is 0 Å². The number of aliphatic hydroxyl groups is 1. The van der Waals surface area contributed by atoms with Gasteiger partial charge in [0.2, 0.25) is 0 Å². The predicted molar refractivity (Wildman–Crippen MR) is 67.5 cm³/mol. The Kier molecular flexibility index (Phi) is 4.59. The van der Waals surface area contributed by atoms with Gasteiger partial charge >= 0.3 is 6.18 Å². The Morgan fingerprint density at radius 3 is 2.40 bits per heavy atom. The van der Waals surface area contributed by atoms with Gasteiger partial charge in [0.05, 0.1) is 22.6 Å². The van der Waals surface area contributed by atoms with Crippen molar-refractivity contribution in [3.63, 3.8) is 0 Å². The minimum atomic E-state index is -4.72. The van der Waals surface area contributed by atoms with Crippen LogP contribution in [0.4, 0.5) is 24.5 Å². The molecular formula is C12H15F3N2O3. The van der Waals surface area contributed by atoms with Gasteiger partial charge < -0.3 is 10.4 Å². The Morgan fingerprint density at radius 2 is 2.00 bits per heavy atom. The number of alkyl halides is 3. The van der Waals surface area contributed by atoms with Crippen LogP contribution < -0.4 is 5.32 Å². The van der Waals surface area contributed by atoms with Crippen LogP contribution in [0.15, 0.2) is 18.2 Å². The van der Waals surface area contributed by atoms with Gasteiger partial charge in [-0.15, -0.1) is 0 Å². The highest BCUT2D eigenvalue weighted by Crippen LogP contribution is 2.38. The standard InChI is InChI=1S/C12H15F3N2O3/c1-3-11(2,7-18)16-10-5-4-8(17(19)20)6-9(10)12(13,14)15/h4-6,16,18H,3,7H2,1-2H3. The number of non-ortho nitro benzene ring substituents is 1. The van der Waals surface area contributed by atoms with Crippen LogP contribution >= 0.6 is 0 Å². The Balaban J connectivity index is 3.29. The molecule has 8 heteroatoms. The summed E-state index contributed by atoms with van der Waals surface area (Å²) in [4.78, 5) is 9.68. The molecule has 0 aliphatic heterocycles. The molecule has 5 nitrogen and oxygen atoms in total. The molecule has 1 aromatic carbocycles. The highest BCUT2D eigenvalue weighted by molar-refractivity contribution is 5.58. The number of nitro benzene ring substituents is 1. The van der Waals surface area contributed by atoms with Crippen molar-refractivity contribution in [3.8, 4) is 0 Å². The molecule has 0 aromatic heterocycles. The zero-order valence-corrected chi connectivity index (χ0v) is 11.0. The summed E-state index contributed by atoms with van der Waals surface area (Å²) in [5.74, 6) is 0. The van der Waals surface area contributed by atoms with Crippen LogP contribution in [0, 0.1) is 10.1 Å². The first-order valence-electron chi connectivity index (χ1n) is 5.87. The van der Waals surface area contributed by atoms with Gasteiger partial charge in [0.15, 0.2) is 0 Å². The lowest BCUT2D eigenvalue weighted by Gasteiger charge is -2.30. The first-order chi connectivity index (χ1) is 9.13. The van der Waals surface area contributed by atoms with Gasteiger partial charge in [-0.2, -0.15) is 13.2 Å². The summed E-state index contributed by atoms with van der Waals surface area (Å²) in [6.07, 6.45) is -4.34. The van der Waals surface area contributed by atoms with Gasteiger partial charge in [-0.3, -0.25) is 10.1 Å². The van der Waals surface area contributed by atoms with E-state index in [0.29, 0.717) is 12.5 Å². The molecule has 0 heterocycles. The van der Waals surface area contributed by atoms with Crippen molar-refractivity contribution in [1.29, 1.82) is 0 Å². The number of anilines is 1. The molecule has 2 N–H and O–H groups in total. The van der Waals surface area contributed by atoms with E-state index in [1.54, 1.807) is 13.8 Å². The Hall–Kier alpha value is -1.83. The van der Waals surface area contributed by atoms with Crippen molar-refractivity contribution < 1.29 is 23.2 Å². The van der Waals surface area contributed by atoms with Crippen LogP contribution in [0.2, 0.25) is 0 Å². The van der Waals surface area contributed by atoms with Crippen molar-refractivity contribution in [3.05, 3.63) is 33.9 Å². The number of nitrogens with one attached hydrogen (secondary N) is 1. The van der Waals surface area contributed by atoms with E-state index in [1.165, 1.54) is 0 Å². The third-order valence-corrected chi connectivity index (χ3v) is 3.09. The summed E-state index contributed by atoms with van der Waals surface area (Å²) < 4.78 is 38.8. The molecule has 0 aliphatic carbocycles. The minimum absolute atomic E-state index is 0.290. The number of benzene rings is 1. The first kappa shape index (κ1) is 16.2. The van der Waals surface area contributed by atoms with Crippen LogP contribution in [0.1, 0.15) is 25.8 Å². The molecule has 0 bridgehead atoms. The van der Waals surface area contributed by atoms with E-state index in [0.717, 1.165) is 12.1 Å². The van der Waals surface area contributed by atoms with Gasteiger partial charge in [-0.25, -0.2) is 0 Å². The summed E-state index contributed by atoms with van der Waals surface area (Å²) in [6, 6.07) is 2.48. The Morgan fingerprint density at radius 1 is 1.40 bits per heavy atom. The number of hydrogen-bond acceptors (Lipinski definition) is 4. The molecule has 0 radical (unpaired) electrons. The van der Waals surface area contributed by atoms with Crippen LogP contribution in [-0.4, -0.2) is 22.2 Å². The molecule has 1 rings (SSSR count). The molecule has 20 heavy (non-hydrogen) atoms.